The number of benzene rings is 2. The summed E-state index contributed by atoms with van der Waals surface area (Å²) in [6, 6.07) is 14.2. The van der Waals surface area contributed by atoms with Crippen LogP contribution in [-0.2, 0) is 22.4 Å². The highest BCUT2D eigenvalue weighted by atomic mass is 32.1. The fourth-order valence-electron chi connectivity index (χ4n) is 3.29. The van der Waals surface area contributed by atoms with Gasteiger partial charge >= 0.3 is 0 Å². The van der Waals surface area contributed by atoms with Gasteiger partial charge in [0.2, 0.25) is 5.91 Å². The van der Waals surface area contributed by atoms with E-state index in [1.54, 1.807) is 6.08 Å². The van der Waals surface area contributed by atoms with Gasteiger partial charge in [0.25, 0.3) is 0 Å². The molecule has 0 bridgehead atoms. The lowest BCUT2D eigenvalue weighted by Crippen LogP contribution is -2.10. The lowest BCUT2D eigenvalue weighted by molar-refractivity contribution is -0.112. The number of para-hydroxylation sites is 1. The van der Waals surface area contributed by atoms with Gasteiger partial charge < -0.3 is 5.32 Å². The maximum absolute atomic E-state index is 12.4. The number of rotatable bonds is 11. The molecule has 0 unspecified atom stereocenters. The quantitative estimate of drug-likeness (QED) is 0.265. The first-order valence-corrected chi connectivity index (χ1v) is 10.8. The summed E-state index contributed by atoms with van der Waals surface area (Å²) < 4.78 is 0. The summed E-state index contributed by atoms with van der Waals surface area (Å²) in [6.07, 6.45) is 10.1. The average Bonchev–Trinajstić information content (AvgIpc) is 2.68. The van der Waals surface area contributed by atoms with Crippen LogP contribution in [0.15, 0.2) is 48.5 Å². The fraction of sp³-hybridized carbons (Fsp3) is 0.360. The van der Waals surface area contributed by atoms with Crippen LogP contribution in [0.4, 0.5) is 5.69 Å². The van der Waals surface area contributed by atoms with Crippen molar-refractivity contribution in [2.45, 2.75) is 58.8 Å². The van der Waals surface area contributed by atoms with Gasteiger partial charge in [0.05, 0.1) is 0 Å². The first-order chi connectivity index (χ1) is 14.0. The second-order valence-electron chi connectivity index (χ2n) is 7.38. The fourth-order valence-corrected chi connectivity index (χ4v) is 3.45. The molecule has 0 aliphatic carbocycles. The molecule has 1 amide bonds. The predicted octanol–water partition coefficient (Wildman–Crippen LogP) is 6.16. The Morgan fingerprint density at radius 3 is 2.55 bits per heavy atom. The van der Waals surface area contributed by atoms with E-state index in [1.807, 2.05) is 30.3 Å². The molecule has 0 atom stereocenters. The van der Waals surface area contributed by atoms with Crippen LogP contribution in [0, 0.1) is 6.92 Å². The van der Waals surface area contributed by atoms with Crippen molar-refractivity contribution >= 4 is 35.4 Å². The van der Waals surface area contributed by atoms with E-state index in [9.17, 15) is 9.59 Å². The molecule has 154 valence electrons. The van der Waals surface area contributed by atoms with Crippen LogP contribution < -0.4 is 5.32 Å². The standard InChI is InChI=1S/C25H31NO2S/c1-3-4-5-9-20-14-15-21(19(2)18-20)16-17-24(27)26-23-12-7-6-10-22(23)11-8-13-25(28)29/h6-7,10,12,14-18H,3-5,8-9,11,13H2,1-2H3,(H,26,27)(H,28,29). The Labute approximate surface area is 180 Å². The average molecular weight is 410 g/mol. The molecule has 1 N–H and O–H groups in total. The molecule has 0 aromatic heterocycles. The summed E-state index contributed by atoms with van der Waals surface area (Å²) in [5, 5.41) is 2.84. The van der Waals surface area contributed by atoms with Gasteiger partial charge in [-0.1, -0.05) is 56.2 Å². The van der Waals surface area contributed by atoms with Crippen LogP contribution in [0.3, 0.4) is 0 Å². The summed E-state index contributed by atoms with van der Waals surface area (Å²) in [5.74, 6) is -0.158. The third-order valence-corrected chi connectivity index (χ3v) is 5.15. The molecule has 0 radical (unpaired) electrons. The second kappa shape index (κ2) is 12.3. The van der Waals surface area contributed by atoms with Crippen molar-refractivity contribution in [2.75, 3.05) is 5.32 Å². The van der Waals surface area contributed by atoms with Crippen LogP contribution in [0.5, 0.6) is 0 Å². The monoisotopic (exact) mass is 409 g/mol. The minimum Gasteiger partial charge on any atom is -0.322 e. The molecule has 0 heterocycles. The van der Waals surface area contributed by atoms with Crippen molar-refractivity contribution in [3.63, 3.8) is 0 Å². The Bertz CT molecular complexity index is 858. The molecule has 4 heteroatoms. The van der Waals surface area contributed by atoms with Crippen LogP contribution in [-0.4, -0.2) is 11.0 Å². The molecule has 2 rings (SSSR count). The summed E-state index contributed by atoms with van der Waals surface area (Å²) in [5.41, 5.74) is 5.40. The summed E-state index contributed by atoms with van der Waals surface area (Å²) >= 11 is 3.81. The Morgan fingerprint density at radius 2 is 1.83 bits per heavy atom. The molecule has 3 nitrogen and oxygen atoms in total. The van der Waals surface area contributed by atoms with E-state index in [0.29, 0.717) is 6.42 Å². The number of nitrogens with one attached hydrogen (secondary N) is 1. The zero-order valence-electron chi connectivity index (χ0n) is 17.4. The van der Waals surface area contributed by atoms with Gasteiger partial charge in [-0.3, -0.25) is 9.59 Å². The van der Waals surface area contributed by atoms with Crippen molar-refractivity contribution in [3.8, 4) is 0 Å². The van der Waals surface area contributed by atoms with E-state index in [0.717, 1.165) is 36.1 Å². The lowest BCUT2D eigenvalue weighted by atomic mass is 10.0. The molecule has 0 saturated heterocycles. The maximum atomic E-state index is 12.4. The first-order valence-electron chi connectivity index (χ1n) is 10.4. The number of carbonyl (C=O) groups is 2. The lowest BCUT2D eigenvalue weighted by Gasteiger charge is -2.09. The minimum absolute atomic E-state index is 0.110. The van der Waals surface area contributed by atoms with Crippen LogP contribution in [0.1, 0.15) is 61.3 Å². The molecule has 0 spiro atoms. The molecule has 0 saturated carbocycles. The smallest absolute Gasteiger partial charge is 0.248 e. The van der Waals surface area contributed by atoms with E-state index in [4.69, 9.17) is 0 Å². The van der Waals surface area contributed by atoms with Crippen molar-refractivity contribution in [3.05, 3.63) is 70.8 Å². The minimum atomic E-state index is -0.158. The second-order valence-corrected chi connectivity index (χ2v) is 7.87. The largest absolute Gasteiger partial charge is 0.322 e. The molecule has 0 fully saturated rings. The highest BCUT2D eigenvalue weighted by molar-refractivity contribution is 7.96. The SMILES string of the molecule is CCCCCc1ccc(C=CC(=O)Nc2ccccc2CCCC(=O)S)c(C)c1. The first kappa shape index (κ1) is 23.0. The summed E-state index contributed by atoms with van der Waals surface area (Å²) in [7, 11) is 0. The molecule has 29 heavy (non-hydrogen) atoms. The number of hydrogen-bond acceptors (Lipinski definition) is 2. The van der Waals surface area contributed by atoms with Crippen molar-refractivity contribution < 1.29 is 9.59 Å². The Hall–Kier alpha value is -2.33. The number of unbranched alkanes of at least 4 members (excludes halogenated alkanes) is 2. The van der Waals surface area contributed by atoms with Crippen molar-refractivity contribution in [1.82, 2.24) is 0 Å². The molecule has 2 aromatic rings. The van der Waals surface area contributed by atoms with Gasteiger partial charge in [-0.25, -0.2) is 0 Å². The highest BCUT2D eigenvalue weighted by Crippen LogP contribution is 2.19. The van der Waals surface area contributed by atoms with Gasteiger partial charge in [-0.2, -0.15) is 0 Å². The van der Waals surface area contributed by atoms with Gasteiger partial charge in [-0.05, 0) is 67.0 Å². The maximum Gasteiger partial charge on any atom is 0.248 e. The van der Waals surface area contributed by atoms with Crippen LogP contribution >= 0.6 is 12.6 Å². The van der Waals surface area contributed by atoms with Gasteiger partial charge in [0.15, 0.2) is 5.12 Å². The van der Waals surface area contributed by atoms with E-state index >= 15 is 0 Å². The molecule has 2 aromatic carbocycles. The van der Waals surface area contributed by atoms with Crippen molar-refractivity contribution in [2.24, 2.45) is 0 Å². The predicted molar refractivity (Wildman–Crippen MR) is 125 cm³/mol. The third-order valence-electron chi connectivity index (χ3n) is 4.93. The molecule has 0 aliphatic rings. The molecular weight excluding hydrogens is 378 g/mol. The Morgan fingerprint density at radius 1 is 1.03 bits per heavy atom. The Kier molecular flexibility index (Phi) is 9.72. The van der Waals surface area contributed by atoms with Gasteiger partial charge in [0, 0.05) is 18.2 Å². The van der Waals surface area contributed by atoms with E-state index in [2.05, 4.69) is 50.0 Å². The number of carbonyl (C=O) groups excluding carboxylic acids is 2. The van der Waals surface area contributed by atoms with Crippen LogP contribution in [0.2, 0.25) is 0 Å². The summed E-state index contributed by atoms with van der Waals surface area (Å²) in [4.78, 5) is 23.4. The molecule has 0 aliphatic heterocycles. The zero-order valence-corrected chi connectivity index (χ0v) is 18.3. The zero-order chi connectivity index (χ0) is 21.1. The number of aryl methyl sites for hydroxylation is 3. The number of amides is 1. The Balaban J connectivity index is 1.97. The number of thiol groups is 1. The van der Waals surface area contributed by atoms with Gasteiger partial charge in [-0.15, -0.1) is 12.6 Å². The topological polar surface area (TPSA) is 46.2 Å². The summed E-state index contributed by atoms with van der Waals surface area (Å²) in [6.45, 7) is 4.30. The molecular formula is C25H31NO2S. The van der Waals surface area contributed by atoms with E-state index in [-0.39, 0.29) is 11.0 Å². The normalized spacial score (nSPS) is 11.0. The van der Waals surface area contributed by atoms with Crippen molar-refractivity contribution in [1.29, 1.82) is 0 Å². The third kappa shape index (κ3) is 8.28. The van der Waals surface area contributed by atoms with E-state index in [1.165, 1.54) is 30.4 Å². The highest BCUT2D eigenvalue weighted by Gasteiger charge is 2.06. The number of anilines is 1. The van der Waals surface area contributed by atoms with Crippen LogP contribution in [0.25, 0.3) is 6.08 Å². The van der Waals surface area contributed by atoms with Gasteiger partial charge in [0.1, 0.15) is 0 Å². The van der Waals surface area contributed by atoms with E-state index < -0.39 is 0 Å². The number of hydrogen-bond donors (Lipinski definition) is 2.